The lowest BCUT2D eigenvalue weighted by Gasteiger charge is -2.20. The molecule has 0 atom stereocenters. The highest BCUT2D eigenvalue weighted by Crippen LogP contribution is 2.27. The summed E-state index contributed by atoms with van der Waals surface area (Å²) < 4.78 is 5.35. The highest BCUT2D eigenvalue weighted by Gasteiger charge is 2.12. The van der Waals surface area contributed by atoms with Gasteiger partial charge in [0.25, 0.3) is 0 Å². The maximum atomic E-state index is 11.3. The summed E-state index contributed by atoms with van der Waals surface area (Å²) in [7, 11) is 3.41. The third-order valence-electron chi connectivity index (χ3n) is 3.60. The van der Waals surface area contributed by atoms with E-state index in [1.807, 2.05) is 13.0 Å². The first-order valence-corrected chi connectivity index (χ1v) is 6.27. The van der Waals surface area contributed by atoms with Gasteiger partial charge in [-0.2, -0.15) is 0 Å². The Kier molecular flexibility index (Phi) is 5.18. The van der Waals surface area contributed by atoms with Crippen LogP contribution in [0.3, 0.4) is 0 Å². The number of amides is 2. The predicted octanol–water partition coefficient (Wildman–Crippen LogP) is 1.68. The van der Waals surface area contributed by atoms with Gasteiger partial charge in [0.2, 0.25) is 0 Å². The number of urea groups is 1. The van der Waals surface area contributed by atoms with E-state index in [2.05, 4.69) is 19.3 Å². The Morgan fingerprint density at radius 3 is 2.53 bits per heavy atom. The van der Waals surface area contributed by atoms with Crippen molar-refractivity contribution in [3.8, 4) is 5.75 Å². The average molecular weight is 265 g/mol. The molecule has 1 aromatic rings. The maximum Gasteiger partial charge on any atom is 0.331 e. The molecule has 0 saturated heterocycles. The van der Waals surface area contributed by atoms with Crippen LogP contribution < -0.4 is 16.0 Å². The van der Waals surface area contributed by atoms with Crippen LogP contribution in [-0.2, 0) is 6.42 Å². The first-order valence-electron chi connectivity index (χ1n) is 6.27. The van der Waals surface area contributed by atoms with Crippen molar-refractivity contribution in [2.24, 2.45) is 5.84 Å². The Labute approximate surface area is 114 Å². The van der Waals surface area contributed by atoms with Crippen LogP contribution in [0.1, 0.15) is 22.3 Å². The summed E-state index contributed by atoms with van der Waals surface area (Å²) in [5.74, 6) is 6.02. The standard InChI is InChI=1S/C14H23N3O2/c1-9-8-13(19-5)11(3)10(2)12(9)6-7-17(4)14(18)16-15/h8H,6-7,15H2,1-5H3,(H,16,18). The third-order valence-corrected chi connectivity index (χ3v) is 3.60. The molecule has 2 amide bonds. The Morgan fingerprint density at radius 1 is 1.37 bits per heavy atom. The van der Waals surface area contributed by atoms with Gasteiger partial charge in [0.1, 0.15) is 5.75 Å². The second kappa shape index (κ2) is 6.43. The molecule has 0 radical (unpaired) electrons. The first kappa shape index (κ1) is 15.3. The van der Waals surface area contributed by atoms with E-state index in [-0.39, 0.29) is 6.03 Å². The Balaban J connectivity index is 2.90. The number of rotatable bonds is 4. The van der Waals surface area contributed by atoms with Crippen LogP contribution in [0.2, 0.25) is 0 Å². The number of carbonyl (C=O) groups excluding carboxylic acids is 1. The molecular formula is C14H23N3O2. The molecule has 0 aromatic heterocycles. The average Bonchev–Trinajstić information content (AvgIpc) is 2.41. The zero-order chi connectivity index (χ0) is 14.6. The van der Waals surface area contributed by atoms with Crippen LogP contribution in [0, 0.1) is 20.8 Å². The maximum absolute atomic E-state index is 11.3. The second-order valence-corrected chi connectivity index (χ2v) is 4.75. The first-order chi connectivity index (χ1) is 8.92. The Hall–Kier alpha value is -1.75. The molecule has 19 heavy (non-hydrogen) atoms. The number of nitrogens with one attached hydrogen (secondary N) is 1. The highest BCUT2D eigenvalue weighted by atomic mass is 16.5. The number of likely N-dealkylation sites (N-methyl/N-ethyl adjacent to an activating group) is 1. The number of hydrazine groups is 1. The minimum atomic E-state index is -0.277. The van der Waals surface area contributed by atoms with Crippen LogP contribution in [-0.4, -0.2) is 31.6 Å². The van der Waals surface area contributed by atoms with E-state index in [1.54, 1.807) is 19.1 Å². The molecule has 0 fully saturated rings. The summed E-state index contributed by atoms with van der Waals surface area (Å²) in [6, 6.07) is 1.77. The highest BCUT2D eigenvalue weighted by molar-refractivity contribution is 5.73. The van der Waals surface area contributed by atoms with Gasteiger partial charge in [0.05, 0.1) is 7.11 Å². The van der Waals surface area contributed by atoms with Crippen LogP contribution in [0.15, 0.2) is 6.07 Å². The summed E-state index contributed by atoms with van der Waals surface area (Å²) in [6.45, 7) is 6.82. The zero-order valence-corrected chi connectivity index (χ0v) is 12.3. The van der Waals surface area contributed by atoms with Crippen molar-refractivity contribution >= 4 is 6.03 Å². The molecule has 106 valence electrons. The lowest BCUT2D eigenvalue weighted by atomic mass is 9.95. The molecular weight excluding hydrogens is 242 g/mol. The van der Waals surface area contributed by atoms with Crippen molar-refractivity contribution in [1.82, 2.24) is 10.3 Å². The van der Waals surface area contributed by atoms with Gasteiger partial charge in [-0.1, -0.05) is 0 Å². The van der Waals surface area contributed by atoms with Crippen molar-refractivity contribution in [2.45, 2.75) is 27.2 Å². The van der Waals surface area contributed by atoms with Gasteiger partial charge in [0.15, 0.2) is 0 Å². The topological polar surface area (TPSA) is 67.6 Å². The number of hydrogen-bond acceptors (Lipinski definition) is 3. The molecule has 5 heteroatoms. The molecule has 1 rings (SSSR count). The van der Waals surface area contributed by atoms with Gasteiger partial charge in [-0.25, -0.2) is 10.6 Å². The fourth-order valence-electron chi connectivity index (χ4n) is 2.19. The van der Waals surface area contributed by atoms with Crippen molar-refractivity contribution in [2.75, 3.05) is 20.7 Å². The summed E-state index contributed by atoms with van der Waals surface area (Å²) >= 11 is 0. The number of benzene rings is 1. The lowest BCUT2D eigenvalue weighted by Crippen LogP contribution is -2.42. The summed E-state index contributed by atoms with van der Waals surface area (Å²) in [6.07, 6.45) is 0.798. The van der Waals surface area contributed by atoms with E-state index in [4.69, 9.17) is 10.6 Å². The normalized spacial score (nSPS) is 10.2. The van der Waals surface area contributed by atoms with Gasteiger partial charge in [-0.05, 0) is 55.5 Å². The summed E-state index contributed by atoms with van der Waals surface area (Å²) in [4.78, 5) is 12.9. The number of aryl methyl sites for hydroxylation is 1. The number of nitrogens with zero attached hydrogens (tertiary/aromatic N) is 1. The van der Waals surface area contributed by atoms with Gasteiger partial charge in [0, 0.05) is 13.6 Å². The van der Waals surface area contributed by atoms with Crippen LogP contribution in [0.4, 0.5) is 4.79 Å². The van der Waals surface area contributed by atoms with Crippen molar-refractivity contribution < 1.29 is 9.53 Å². The van der Waals surface area contributed by atoms with Crippen LogP contribution >= 0.6 is 0 Å². The van der Waals surface area contributed by atoms with Crippen molar-refractivity contribution in [1.29, 1.82) is 0 Å². The van der Waals surface area contributed by atoms with E-state index >= 15 is 0 Å². The third kappa shape index (κ3) is 3.38. The number of nitrogens with two attached hydrogens (primary N) is 1. The van der Waals surface area contributed by atoms with E-state index in [0.717, 1.165) is 17.7 Å². The fourth-order valence-corrected chi connectivity index (χ4v) is 2.19. The number of carbonyl (C=O) groups is 1. The van der Waals surface area contributed by atoms with Crippen molar-refractivity contribution in [3.63, 3.8) is 0 Å². The molecule has 1 aromatic carbocycles. The molecule has 0 heterocycles. The fraction of sp³-hybridized carbons (Fsp3) is 0.500. The zero-order valence-electron chi connectivity index (χ0n) is 12.3. The molecule has 0 unspecified atom stereocenters. The molecule has 3 N–H and O–H groups in total. The monoisotopic (exact) mass is 265 g/mol. The van der Waals surface area contributed by atoms with E-state index in [0.29, 0.717) is 6.54 Å². The largest absolute Gasteiger partial charge is 0.496 e. The van der Waals surface area contributed by atoms with E-state index in [1.165, 1.54) is 16.7 Å². The molecule has 0 aliphatic rings. The quantitative estimate of drug-likeness (QED) is 0.494. The second-order valence-electron chi connectivity index (χ2n) is 4.75. The SMILES string of the molecule is COc1cc(C)c(CCN(C)C(=O)NN)c(C)c1C. The molecule has 0 aliphatic carbocycles. The van der Waals surface area contributed by atoms with Gasteiger partial charge in [-0.15, -0.1) is 0 Å². The number of methoxy groups -OCH3 is 1. The van der Waals surface area contributed by atoms with E-state index in [9.17, 15) is 4.79 Å². The lowest BCUT2D eigenvalue weighted by molar-refractivity contribution is 0.209. The smallest absolute Gasteiger partial charge is 0.331 e. The predicted molar refractivity (Wildman–Crippen MR) is 76.3 cm³/mol. The molecule has 0 saturated carbocycles. The van der Waals surface area contributed by atoms with Gasteiger partial charge < -0.3 is 9.64 Å². The number of ether oxygens (including phenoxy) is 1. The molecule has 0 spiro atoms. The van der Waals surface area contributed by atoms with E-state index < -0.39 is 0 Å². The number of hydrogen-bond donors (Lipinski definition) is 2. The molecule has 5 nitrogen and oxygen atoms in total. The molecule has 0 bridgehead atoms. The summed E-state index contributed by atoms with van der Waals surface area (Å²) in [5, 5.41) is 0. The minimum Gasteiger partial charge on any atom is -0.496 e. The van der Waals surface area contributed by atoms with Crippen LogP contribution in [0.5, 0.6) is 5.75 Å². The van der Waals surface area contributed by atoms with Gasteiger partial charge >= 0.3 is 6.03 Å². The summed E-state index contributed by atoms with van der Waals surface area (Å²) in [5.41, 5.74) is 6.94. The minimum absolute atomic E-state index is 0.277. The van der Waals surface area contributed by atoms with Crippen molar-refractivity contribution in [3.05, 3.63) is 28.3 Å². The van der Waals surface area contributed by atoms with Crippen LogP contribution in [0.25, 0.3) is 0 Å². The Bertz CT molecular complexity index is 472. The van der Waals surface area contributed by atoms with Gasteiger partial charge in [-0.3, -0.25) is 5.43 Å². The molecule has 0 aliphatic heterocycles. The Morgan fingerprint density at radius 2 is 2.00 bits per heavy atom.